The molecule has 0 atom stereocenters. The van der Waals surface area contributed by atoms with Gasteiger partial charge >= 0.3 is 0 Å². The summed E-state index contributed by atoms with van der Waals surface area (Å²) in [6.07, 6.45) is 0. The third-order valence-electron chi connectivity index (χ3n) is 16.4. The summed E-state index contributed by atoms with van der Waals surface area (Å²) >= 11 is 1.99. The molecule has 2 aliphatic carbocycles. The molecule has 75 heavy (non-hydrogen) atoms. The number of hydrogen-bond donors (Lipinski definition) is 0. The van der Waals surface area contributed by atoms with Gasteiger partial charge in [-0.15, -0.1) is 11.8 Å². The lowest BCUT2D eigenvalue weighted by molar-refractivity contribution is 0.590. The van der Waals surface area contributed by atoms with Crippen molar-refractivity contribution in [3.05, 3.63) is 244 Å². The van der Waals surface area contributed by atoms with E-state index in [4.69, 9.17) is 0 Å². The zero-order chi connectivity index (χ0) is 52.4. The van der Waals surface area contributed by atoms with E-state index < -0.39 is 5.41 Å². The van der Waals surface area contributed by atoms with Crippen LogP contribution in [0.3, 0.4) is 0 Å². The maximum absolute atomic E-state index is 2.62. The van der Waals surface area contributed by atoms with Gasteiger partial charge in [-0.2, -0.15) is 0 Å². The minimum absolute atomic E-state index is 0.0195. The Hall–Kier alpha value is -7.07. The van der Waals surface area contributed by atoms with E-state index in [0.29, 0.717) is 0 Å². The Bertz CT molecular complexity index is 3500. The van der Waals surface area contributed by atoms with Crippen molar-refractivity contribution in [2.75, 3.05) is 9.80 Å². The van der Waals surface area contributed by atoms with Gasteiger partial charge in [0, 0.05) is 44.6 Å². The van der Waals surface area contributed by atoms with Crippen molar-refractivity contribution >= 4 is 45.9 Å². The van der Waals surface area contributed by atoms with E-state index in [2.05, 4.69) is 287 Å². The van der Waals surface area contributed by atoms with Gasteiger partial charge in [-0.1, -0.05) is 210 Å². The van der Waals surface area contributed by atoms with E-state index in [9.17, 15) is 0 Å². The summed E-state index contributed by atoms with van der Waals surface area (Å²) in [5, 5.41) is 0. The number of fused-ring (bicyclic) bond motifs is 14. The molecule has 1 spiro atoms. The number of rotatable bonds is 6. The molecular weight excluding hydrogens is 925 g/mol. The molecule has 0 aromatic heterocycles. The molecule has 0 saturated heterocycles. The third-order valence-corrected chi connectivity index (χ3v) is 17.6. The highest BCUT2D eigenvalue weighted by atomic mass is 32.2. The average Bonchev–Trinajstić information content (AvgIpc) is 4.11. The summed E-state index contributed by atoms with van der Waals surface area (Å²) in [4.78, 5) is 6.37. The minimum atomic E-state index is -0.635. The van der Waals surface area contributed by atoms with Crippen LogP contribution in [0, 0.1) is 0 Å². The molecule has 0 saturated carbocycles. The zero-order valence-electron chi connectivity index (χ0n) is 46.0. The van der Waals surface area contributed by atoms with Gasteiger partial charge in [-0.05, 0) is 166 Å². The SMILES string of the molecule is CC(C)(C)c1ccc(N(c2ccc(C(C)(C)C)cc2)c2ccc3c(c2)C2(c4ccccc4-c4ccccc42)c2cc(N(c4ccc(C(C)(C)C)cc4)c4ccc(C(C)(C)C)cc4)c4c(c2-3)-c2ccccc2CS4)cc1. The van der Waals surface area contributed by atoms with Crippen LogP contribution in [0.4, 0.5) is 34.1 Å². The smallest absolute Gasteiger partial charge is 0.0727 e. The first-order chi connectivity index (χ1) is 35.7. The van der Waals surface area contributed by atoms with Crippen molar-refractivity contribution in [2.45, 2.75) is 121 Å². The van der Waals surface area contributed by atoms with Crippen molar-refractivity contribution in [1.29, 1.82) is 0 Å². The zero-order valence-corrected chi connectivity index (χ0v) is 46.8. The summed E-state index contributed by atoms with van der Waals surface area (Å²) in [5.41, 5.74) is 26.2. The van der Waals surface area contributed by atoms with E-state index in [1.807, 2.05) is 11.8 Å². The first-order valence-corrected chi connectivity index (χ1v) is 28.0. The molecule has 0 fully saturated rings. The fraction of sp³-hybridized carbons (Fsp3) is 0.250. The van der Waals surface area contributed by atoms with E-state index in [0.717, 1.165) is 34.2 Å². The lowest BCUT2D eigenvalue weighted by Gasteiger charge is -2.36. The largest absolute Gasteiger partial charge is 0.310 e. The van der Waals surface area contributed by atoms with Crippen LogP contribution in [0.2, 0.25) is 0 Å². The summed E-state index contributed by atoms with van der Waals surface area (Å²) in [5.74, 6) is 0.897. The monoisotopic (exact) mass is 995 g/mol. The van der Waals surface area contributed by atoms with Crippen molar-refractivity contribution in [2.24, 2.45) is 0 Å². The maximum Gasteiger partial charge on any atom is 0.0727 e. The highest BCUT2D eigenvalue weighted by Gasteiger charge is 2.53. The second-order valence-corrected chi connectivity index (χ2v) is 26.4. The van der Waals surface area contributed by atoms with Gasteiger partial charge in [0.2, 0.25) is 0 Å². The Labute approximate surface area is 451 Å². The molecule has 3 heteroatoms. The van der Waals surface area contributed by atoms with Crippen molar-refractivity contribution < 1.29 is 0 Å². The van der Waals surface area contributed by atoms with E-state index in [-0.39, 0.29) is 21.7 Å². The van der Waals surface area contributed by atoms with Gasteiger partial charge in [0.25, 0.3) is 0 Å². The molecule has 0 bridgehead atoms. The van der Waals surface area contributed by atoms with Gasteiger partial charge in [0.05, 0.1) is 11.1 Å². The Morgan fingerprint density at radius 2 is 0.720 bits per heavy atom. The van der Waals surface area contributed by atoms with E-state index >= 15 is 0 Å². The first kappa shape index (κ1) is 48.8. The summed E-state index contributed by atoms with van der Waals surface area (Å²) in [6.45, 7) is 27.6. The molecule has 0 N–H and O–H groups in total. The molecule has 2 nitrogen and oxygen atoms in total. The standard InChI is InChI=1S/C72H70N2S/c1-68(2,3)47-25-33-51(34-26-47)73(52-35-27-48(28-36-52)69(4,5)6)55-41-42-59-62(43-55)72(60-23-17-15-21-57(60)58-22-16-18-24-61(58)72)63-44-64(67-66(65(59)63)56-20-14-13-19-46(56)45-75-67)74(53-37-29-49(30-38-53)70(7,8)9)54-39-31-50(32-40-54)71(10,11)12/h13-44H,45H2,1-12H3. The molecule has 9 aromatic rings. The predicted molar refractivity (Wildman–Crippen MR) is 322 cm³/mol. The number of anilines is 6. The lowest BCUT2D eigenvalue weighted by atomic mass is 9.70. The number of hydrogen-bond acceptors (Lipinski definition) is 3. The average molecular weight is 995 g/mol. The molecule has 9 aromatic carbocycles. The van der Waals surface area contributed by atoms with Crippen LogP contribution in [0.1, 0.15) is 133 Å². The fourth-order valence-corrected chi connectivity index (χ4v) is 13.5. The first-order valence-electron chi connectivity index (χ1n) is 27.0. The Morgan fingerprint density at radius 3 is 1.16 bits per heavy atom. The molecule has 1 aliphatic heterocycles. The lowest BCUT2D eigenvalue weighted by Crippen LogP contribution is -2.27. The Balaban J connectivity index is 1.18. The topological polar surface area (TPSA) is 6.48 Å². The van der Waals surface area contributed by atoms with Gasteiger partial charge in [0.1, 0.15) is 0 Å². The quantitative estimate of drug-likeness (QED) is 0.164. The molecular formula is C72H70N2S. The van der Waals surface area contributed by atoms with Crippen LogP contribution in [-0.2, 0) is 32.8 Å². The van der Waals surface area contributed by atoms with Gasteiger partial charge < -0.3 is 9.80 Å². The molecule has 1 heterocycles. The molecule has 0 amide bonds. The fourth-order valence-electron chi connectivity index (χ4n) is 12.3. The minimum Gasteiger partial charge on any atom is -0.310 e. The van der Waals surface area contributed by atoms with Crippen LogP contribution in [0.25, 0.3) is 33.4 Å². The van der Waals surface area contributed by atoms with Crippen LogP contribution in [0.5, 0.6) is 0 Å². The summed E-state index contributed by atoms with van der Waals surface area (Å²) in [7, 11) is 0. The summed E-state index contributed by atoms with van der Waals surface area (Å²) < 4.78 is 0. The molecule has 374 valence electrons. The normalized spacial score (nSPS) is 14.1. The summed E-state index contributed by atoms with van der Waals surface area (Å²) in [6, 6.07) is 75.1. The van der Waals surface area contributed by atoms with E-state index in [1.165, 1.54) is 94.0 Å². The van der Waals surface area contributed by atoms with Crippen LogP contribution in [0.15, 0.2) is 199 Å². The second kappa shape index (κ2) is 17.5. The molecule has 12 rings (SSSR count). The predicted octanol–water partition coefficient (Wildman–Crippen LogP) is 20.4. The van der Waals surface area contributed by atoms with E-state index in [1.54, 1.807) is 0 Å². The second-order valence-electron chi connectivity index (χ2n) is 25.4. The maximum atomic E-state index is 2.62. The van der Waals surface area contributed by atoms with Crippen LogP contribution in [-0.4, -0.2) is 0 Å². The number of thioether (sulfide) groups is 1. The third kappa shape index (κ3) is 7.99. The highest BCUT2D eigenvalue weighted by molar-refractivity contribution is 7.99. The van der Waals surface area contributed by atoms with Crippen LogP contribution < -0.4 is 9.80 Å². The van der Waals surface area contributed by atoms with Gasteiger partial charge in [0.15, 0.2) is 0 Å². The van der Waals surface area contributed by atoms with Gasteiger partial charge in [-0.25, -0.2) is 0 Å². The van der Waals surface area contributed by atoms with Crippen molar-refractivity contribution in [1.82, 2.24) is 0 Å². The Kier molecular flexibility index (Phi) is 11.4. The van der Waals surface area contributed by atoms with Crippen molar-refractivity contribution in [3.63, 3.8) is 0 Å². The van der Waals surface area contributed by atoms with Crippen molar-refractivity contribution in [3.8, 4) is 33.4 Å². The van der Waals surface area contributed by atoms with Gasteiger partial charge in [-0.3, -0.25) is 0 Å². The molecule has 0 radical (unpaired) electrons. The Morgan fingerprint density at radius 1 is 0.333 bits per heavy atom. The molecule has 3 aliphatic rings. The highest BCUT2D eigenvalue weighted by Crippen LogP contribution is 2.68. The number of benzene rings is 9. The number of nitrogens with zero attached hydrogens (tertiary/aromatic N) is 2. The molecule has 0 unspecified atom stereocenters. The van der Waals surface area contributed by atoms with Crippen LogP contribution >= 0.6 is 11.8 Å².